The molecule has 1 aliphatic heterocycles. The first kappa shape index (κ1) is 56.1. The number of thiazole rings is 6. The van der Waals surface area contributed by atoms with Gasteiger partial charge in [0.1, 0.15) is 105 Å². The number of hydrogen-bond acceptors (Lipinski definition) is 24. The quantitative estimate of drug-likeness (QED) is 0.0471. The highest BCUT2D eigenvalue weighted by Gasteiger charge is 2.42. The smallest absolute Gasteiger partial charge is 0.354 e. The highest BCUT2D eigenvalue weighted by Crippen LogP contribution is 2.40. The first-order valence-corrected chi connectivity index (χ1v) is 28.4. The fraction of sp³-hybridized carbons (Fsp3) is 0.312. The molecule has 77 heavy (non-hydrogen) atoms. The minimum Gasteiger partial charge on any atom is -0.502 e. The van der Waals surface area contributed by atoms with Gasteiger partial charge < -0.3 is 51.4 Å². The van der Waals surface area contributed by atoms with E-state index in [4.69, 9.17) is 24.4 Å². The summed E-state index contributed by atoms with van der Waals surface area (Å²) in [5.41, 5.74) is -0.471. The molecule has 0 aliphatic carbocycles. The van der Waals surface area contributed by atoms with Gasteiger partial charge in [0.05, 0.1) is 38.2 Å². The molecular formula is C48H48N12O11S6. The Kier molecular flexibility index (Phi) is 17.2. The van der Waals surface area contributed by atoms with E-state index < -0.39 is 71.4 Å². The molecule has 29 heteroatoms. The average molecular weight is 1160 g/mol. The number of hydrogen-bond donors (Lipinski definition) is 8. The second kappa shape index (κ2) is 23.7. The second-order valence-corrected chi connectivity index (χ2v) is 22.7. The topological polar surface area (TPSA) is 332 Å². The number of aromatic nitrogens is 7. The van der Waals surface area contributed by atoms with Crippen LogP contribution >= 0.6 is 68.0 Å². The van der Waals surface area contributed by atoms with E-state index in [1.165, 1.54) is 80.2 Å². The Hall–Kier alpha value is -7.09. The van der Waals surface area contributed by atoms with E-state index in [1.54, 1.807) is 29.8 Å². The van der Waals surface area contributed by atoms with Crippen LogP contribution in [-0.2, 0) is 19.1 Å². The van der Waals surface area contributed by atoms with Crippen molar-refractivity contribution in [1.29, 1.82) is 0 Å². The third kappa shape index (κ3) is 12.2. The molecule has 0 saturated carbocycles. The number of allylic oxidation sites excluding steroid dienone is 1. The summed E-state index contributed by atoms with van der Waals surface area (Å²) in [7, 11) is 2.54. The largest absolute Gasteiger partial charge is 0.502 e. The number of carbonyl (C=O) groups excluding carboxylic acids is 6. The van der Waals surface area contributed by atoms with Crippen LogP contribution in [0.4, 0.5) is 0 Å². The highest BCUT2D eigenvalue weighted by atomic mass is 32.1. The molecule has 8 heterocycles. The molecule has 8 bridgehead atoms. The van der Waals surface area contributed by atoms with Crippen LogP contribution in [0.25, 0.3) is 49.1 Å². The van der Waals surface area contributed by atoms with Gasteiger partial charge in [-0.25, -0.2) is 39.7 Å². The zero-order valence-corrected chi connectivity index (χ0v) is 46.8. The summed E-state index contributed by atoms with van der Waals surface area (Å²) >= 11 is 6.67. The number of esters is 1. The maximum Gasteiger partial charge on any atom is 0.354 e. The van der Waals surface area contributed by atoms with Crippen LogP contribution < -0.4 is 26.6 Å². The molecule has 0 radical (unpaired) electrons. The summed E-state index contributed by atoms with van der Waals surface area (Å²) in [6.45, 7) is 9.34. The van der Waals surface area contributed by atoms with Crippen molar-refractivity contribution in [2.75, 3.05) is 14.2 Å². The number of pyridine rings is 1. The molecule has 1 aliphatic rings. The Morgan fingerprint density at radius 2 is 1.23 bits per heavy atom. The molecule has 7 aromatic heterocycles. The van der Waals surface area contributed by atoms with Gasteiger partial charge in [-0.1, -0.05) is 19.9 Å². The molecule has 3 unspecified atom stereocenters. The van der Waals surface area contributed by atoms with Gasteiger partial charge in [0.25, 0.3) is 23.6 Å². The van der Waals surface area contributed by atoms with Crippen molar-refractivity contribution in [3.05, 3.63) is 100 Å². The molecule has 8 N–H and O–H groups in total. The SMILES string of the molecule is C/C=C(\NC(=O)c1csc(-c2csc(-c3ccc4c(n3)-c3csc(n3)C(C(C)(O)C(C)O)NC(=O)c3csc(n3)[C@H](C(C)C)NC(=O)c3csc(n3)/C(=C\OC)NC(=O)[C@H]([C@@H](C)O)NC(=O)c3csc-4n3)n2)n1)C(=O)OC. The fourth-order valence-electron chi connectivity index (χ4n) is 7.25. The summed E-state index contributed by atoms with van der Waals surface area (Å²) in [6, 6.07) is -0.157. The Morgan fingerprint density at radius 1 is 0.675 bits per heavy atom. The van der Waals surface area contributed by atoms with Crippen molar-refractivity contribution < 1.29 is 53.6 Å². The number of fused-ring (bicyclic) bond motifs is 11. The molecule has 0 fully saturated rings. The van der Waals surface area contributed by atoms with Gasteiger partial charge in [-0.3, -0.25) is 24.0 Å². The zero-order chi connectivity index (χ0) is 55.5. The van der Waals surface area contributed by atoms with Crippen LogP contribution in [-0.4, -0.2) is 124 Å². The average Bonchev–Trinajstić information content (AvgIpc) is 4.32. The number of aliphatic hydroxyl groups is 3. The van der Waals surface area contributed by atoms with Gasteiger partial charge in [0, 0.05) is 37.8 Å². The summed E-state index contributed by atoms with van der Waals surface area (Å²) in [6.07, 6.45) is -0.217. The van der Waals surface area contributed by atoms with Crippen LogP contribution in [0.15, 0.2) is 62.4 Å². The lowest BCUT2D eigenvalue weighted by atomic mass is 9.91. The van der Waals surface area contributed by atoms with E-state index in [1.807, 2.05) is 13.8 Å². The Balaban J connectivity index is 1.21. The predicted octanol–water partition coefficient (Wildman–Crippen LogP) is 5.58. The number of ether oxygens (including phenoxy) is 2. The summed E-state index contributed by atoms with van der Waals surface area (Å²) in [4.78, 5) is 114. The number of carbonyl (C=O) groups is 6. The van der Waals surface area contributed by atoms with Crippen LogP contribution in [0.3, 0.4) is 0 Å². The summed E-state index contributed by atoms with van der Waals surface area (Å²) in [5.74, 6) is -4.52. The standard InChI is InChI=1S/C48H48N12O11S6/c1-9-23(47(68)71-8)50-36(63)27-15-74-44(55-27)31-18-75-42(57-31)24-11-10-22-34(49-24)26-13-77-46(52-26)35(48(6,69)21(5)62)60-39(66)30-17-76-45(56-30)32(19(2)3)58-37(64)29-16-73-43(54-29)25(12-70-7)51-40(67)33(20(4)61)59-38(65)28-14-72-41(22)53-28/h9-21,32-33,35,61-62,69H,1-8H3,(H,50,63)(H,51,67)(H,58,64)(H,59,65)(H,60,66)/b23-9-,25-12+/t20-,21?,32+,33+,35?,48?/m1/s1. The van der Waals surface area contributed by atoms with E-state index in [0.717, 1.165) is 56.7 Å². The molecule has 402 valence electrons. The van der Waals surface area contributed by atoms with Gasteiger partial charge in [-0.15, -0.1) is 68.0 Å². The monoisotopic (exact) mass is 1160 g/mol. The minimum absolute atomic E-state index is 0.00676. The van der Waals surface area contributed by atoms with Gasteiger partial charge >= 0.3 is 5.97 Å². The lowest BCUT2D eigenvalue weighted by molar-refractivity contribution is -0.136. The van der Waals surface area contributed by atoms with Crippen molar-refractivity contribution in [3.8, 4) is 43.4 Å². The van der Waals surface area contributed by atoms with Crippen molar-refractivity contribution in [2.45, 2.75) is 77.5 Å². The third-order valence-corrected chi connectivity index (χ3v) is 17.0. The Labute approximate surface area is 462 Å². The van der Waals surface area contributed by atoms with E-state index in [0.29, 0.717) is 32.0 Å². The number of nitrogens with one attached hydrogen (secondary N) is 5. The second-order valence-electron chi connectivity index (χ2n) is 17.5. The fourth-order valence-corrected chi connectivity index (χ4v) is 12.4. The Bertz CT molecular complexity index is 3440. The van der Waals surface area contributed by atoms with Crippen LogP contribution in [0.1, 0.15) is 111 Å². The molecule has 0 spiro atoms. The van der Waals surface area contributed by atoms with E-state index in [9.17, 15) is 44.1 Å². The van der Waals surface area contributed by atoms with Crippen molar-refractivity contribution in [3.63, 3.8) is 0 Å². The normalized spacial score (nSPS) is 18.8. The van der Waals surface area contributed by atoms with Crippen molar-refractivity contribution >= 4 is 109 Å². The lowest BCUT2D eigenvalue weighted by Crippen LogP contribution is -2.52. The van der Waals surface area contributed by atoms with E-state index >= 15 is 0 Å². The van der Waals surface area contributed by atoms with E-state index in [2.05, 4.69) is 46.5 Å². The molecule has 23 nitrogen and oxygen atoms in total. The summed E-state index contributed by atoms with van der Waals surface area (Å²) < 4.78 is 9.96. The molecular weight excluding hydrogens is 1110 g/mol. The van der Waals surface area contributed by atoms with E-state index in [-0.39, 0.29) is 66.5 Å². The maximum absolute atomic E-state index is 14.2. The maximum atomic E-state index is 14.2. The number of amides is 5. The van der Waals surface area contributed by atoms with Crippen molar-refractivity contribution in [1.82, 2.24) is 61.5 Å². The van der Waals surface area contributed by atoms with Crippen LogP contribution in [0.2, 0.25) is 0 Å². The number of methoxy groups -OCH3 is 2. The van der Waals surface area contributed by atoms with Crippen LogP contribution in [0.5, 0.6) is 0 Å². The first-order valence-electron chi connectivity index (χ1n) is 23.1. The lowest BCUT2D eigenvalue weighted by Gasteiger charge is -2.34. The third-order valence-electron chi connectivity index (χ3n) is 11.7. The van der Waals surface area contributed by atoms with Gasteiger partial charge in [0.15, 0.2) is 0 Å². The van der Waals surface area contributed by atoms with Gasteiger partial charge in [-0.05, 0) is 45.7 Å². The van der Waals surface area contributed by atoms with Gasteiger partial charge in [0.2, 0.25) is 5.91 Å². The molecule has 0 saturated heterocycles. The number of rotatable bonds is 10. The van der Waals surface area contributed by atoms with Crippen LogP contribution in [0, 0.1) is 5.92 Å². The van der Waals surface area contributed by atoms with Crippen molar-refractivity contribution in [2.24, 2.45) is 5.92 Å². The number of nitrogens with zero attached hydrogens (tertiary/aromatic N) is 7. The molecule has 5 amide bonds. The molecule has 0 aromatic carbocycles. The molecule has 6 atom stereocenters. The van der Waals surface area contributed by atoms with Gasteiger partial charge in [-0.2, -0.15) is 0 Å². The zero-order valence-electron chi connectivity index (χ0n) is 41.9. The molecule has 8 rings (SSSR count). The Morgan fingerprint density at radius 3 is 1.90 bits per heavy atom. The predicted molar refractivity (Wildman–Crippen MR) is 290 cm³/mol. The number of aliphatic hydroxyl groups excluding tert-OH is 2. The minimum atomic E-state index is -2.01. The summed E-state index contributed by atoms with van der Waals surface area (Å²) in [5, 5.41) is 58.4. The molecule has 7 aromatic rings. The first-order chi connectivity index (χ1) is 36.7. The highest BCUT2D eigenvalue weighted by molar-refractivity contribution is 7.15.